The lowest BCUT2D eigenvalue weighted by Crippen LogP contribution is -2.19. The van der Waals surface area contributed by atoms with Crippen LogP contribution in [0.1, 0.15) is 21.7 Å². The van der Waals surface area contributed by atoms with Gasteiger partial charge in [-0.2, -0.15) is 14.9 Å². The fraction of sp³-hybridized carbons (Fsp3) is 0.150. The Balaban J connectivity index is 1.78. The van der Waals surface area contributed by atoms with E-state index in [1.165, 1.54) is 12.1 Å². The number of nitrogens with zero attached hydrogens (tertiary/aromatic N) is 4. The Bertz CT molecular complexity index is 1270. The largest absolute Gasteiger partial charge is 0.494 e. The Morgan fingerprint density at radius 1 is 1.17 bits per heavy atom. The van der Waals surface area contributed by atoms with Crippen LogP contribution in [0, 0.1) is 13.8 Å². The first-order valence-corrected chi connectivity index (χ1v) is 8.85. The van der Waals surface area contributed by atoms with E-state index in [0.29, 0.717) is 28.6 Å². The van der Waals surface area contributed by atoms with Gasteiger partial charge in [-0.05, 0) is 37.6 Å². The number of benzene rings is 1. The third-order valence-corrected chi connectivity index (χ3v) is 4.42. The number of anilines is 1. The minimum Gasteiger partial charge on any atom is -0.494 e. The number of H-pyrrole nitrogens is 1. The summed E-state index contributed by atoms with van der Waals surface area (Å²) in [5.74, 6) is 1.15. The molecule has 0 bridgehead atoms. The topological polar surface area (TPSA) is 115 Å². The summed E-state index contributed by atoms with van der Waals surface area (Å²) in [6.45, 7) is 3.80. The molecule has 9 heteroatoms. The lowest BCUT2D eigenvalue weighted by atomic mass is 10.1. The number of amides is 1. The smallest absolute Gasteiger partial charge is 0.277 e. The van der Waals surface area contributed by atoms with Crippen molar-refractivity contribution in [2.24, 2.45) is 0 Å². The van der Waals surface area contributed by atoms with Crippen LogP contribution < -0.4 is 15.6 Å². The van der Waals surface area contributed by atoms with E-state index in [4.69, 9.17) is 9.72 Å². The zero-order chi connectivity index (χ0) is 20.5. The van der Waals surface area contributed by atoms with Gasteiger partial charge in [-0.1, -0.05) is 12.1 Å². The molecule has 4 rings (SSSR count). The van der Waals surface area contributed by atoms with Crippen LogP contribution in [0.5, 0.6) is 5.75 Å². The van der Waals surface area contributed by atoms with Crippen LogP contribution in [0.25, 0.3) is 16.7 Å². The van der Waals surface area contributed by atoms with Gasteiger partial charge in [0.2, 0.25) is 0 Å². The summed E-state index contributed by atoms with van der Waals surface area (Å²) >= 11 is 0. The van der Waals surface area contributed by atoms with Gasteiger partial charge in [0.15, 0.2) is 5.82 Å². The quantitative estimate of drug-likeness (QED) is 0.553. The van der Waals surface area contributed by atoms with Crippen molar-refractivity contribution in [3.63, 3.8) is 0 Å². The number of aryl methyl sites for hydroxylation is 2. The zero-order valence-electron chi connectivity index (χ0n) is 16.1. The highest BCUT2D eigenvalue weighted by molar-refractivity contribution is 6.02. The van der Waals surface area contributed by atoms with Crippen LogP contribution in [-0.2, 0) is 0 Å². The number of aromatic amines is 1. The maximum absolute atomic E-state index is 12.5. The molecule has 0 fully saturated rings. The number of carbonyl (C=O) groups excluding carboxylic acids is 1. The molecule has 4 aromatic rings. The molecule has 0 aliphatic rings. The highest BCUT2D eigenvalue weighted by atomic mass is 16.5. The normalized spacial score (nSPS) is 10.9. The molecule has 9 nitrogen and oxygen atoms in total. The van der Waals surface area contributed by atoms with E-state index in [-0.39, 0.29) is 11.3 Å². The predicted octanol–water partition coefficient (Wildman–Crippen LogP) is 2.38. The first kappa shape index (κ1) is 18.4. The molecule has 1 amide bonds. The van der Waals surface area contributed by atoms with Gasteiger partial charge in [0.1, 0.15) is 22.8 Å². The number of hydrogen-bond acceptors (Lipinski definition) is 6. The van der Waals surface area contributed by atoms with Crippen LogP contribution in [-0.4, -0.2) is 38.0 Å². The molecule has 0 unspecified atom stereocenters. The maximum atomic E-state index is 12.5. The molecule has 0 atom stereocenters. The van der Waals surface area contributed by atoms with Crippen molar-refractivity contribution in [3.05, 3.63) is 69.8 Å². The van der Waals surface area contributed by atoms with E-state index in [0.717, 1.165) is 10.9 Å². The molecular formula is C20H18N6O3. The standard InChI is InChI=1S/C20H18N6O3/c1-11-9-16(21-19-13(11)5-4-6-15(19)29-3)26-17(10-12(2)25-26)22-20(28)14-7-8-18(27)24-23-14/h4-10H,1-3H3,(H,22,28)(H,24,27). The van der Waals surface area contributed by atoms with Crippen LogP contribution in [0.2, 0.25) is 0 Å². The number of carbonyl (C=O) groups is 1. The first-order chi connectivity index (χ1) is 14.0. The van der Waals surface area contributed by atoms with Crippen molar-refractivity contribution in [1.82, 2.24) is 25.0 Å². The van der Waals surface area contributed by atoms with E-state index in [9.17, 15) is 9.59 Å². The molecule has 0 radical (unpaired) electrons. The third-order valence-electron chi connectivity index (χ3n) is 4.42. The Morgan fingerprint density at radius 3 is 2.72 bits per heavy atom. The van der Waals surface area contributed by atoms with Crippen molar-refractivity contribution in [2.45, 2.75) is 13.8 Å². The van der Waals surface area contributed by atoms with Crippen molar-refractivity contribution in [1.29, 1.82) is 0 Å². The molecule has 3 aromatic heterocycles. The van der Waals surface area contributed by atoms with Gasteiger partial charge >= 0.3 is 0 Å². The summed E-state index contributed by atoms with van der Waals surface area (Å²) in [5.41, 5.74) is 2.11. The van der Waals surface area contributed by atoms with Crippen molar-refractivity contribution < 1.29 is 9.53 Å². The number of rotatable bonds is 4. The summed E-state index contributed by atoms with van der Waals surface area (Å²) in [6.07, 6.45) is 0. The minimum absolute atomic E-state index is 0.0827. The summed E-state index contributed by atoms with van der Waals surface area (Å²) in [7, 11) is 1.60. The summed E-state index contributed by atoms with van der Waals surface area (Å²) < 4.78 is 7.00. The lowest BCUT2D eigenvalue weighted by Gasteiger charge is -2.12. The second kappa shape index (κ2) is 7.19. The fourth-order valence-corrected chi connectivity index (χ4v) is 3.06. The second-order valence-corrected chi connectivity index (χ2v) is 6.50. The van der Waals surface area contributed by atoms with Crippen molar-refractivity contribution >= 4 is 22.6 Å². The summed E-state index contributed by atoms with van der Waals surface area (Å²) in [5, 5.41) is 14.2. The van der Waals surface area contributed by atoms with Crippen molar-refractivity contribution in [3.8, 4) is 11.6 Å². The number of methoxy groups -OCH3 is 1. The van der Waals surface area contributed by atoms with E-state index in [1.54, 1.807) is 17.9 Å². The number of ether oxygens (including phenoxy) is 1. The first-order valence-electron chi connectivity index (χ1n) is 8.85. The molecule has 0 saturated heterocycles. The Labute approximate surface area is 165 Å². The van der Waals surface area contributed by atoms with E-state index < -0.39 is 5.91 Å². The molecule has 3 heterocycles. The Hall–Kier alpha value is -4.01. The molecule has 0 saturated carbocycles. The molecule has 146 valence electrons. The molecule has 0 aliphatic heterocycles. The molecular weight excluding hydrogens is 372 g/mol. The monoisotopic (exact) mass is 390 g/mol. The summed E-state index contributed by atoms with van der Waals surface area (Å²) in [6, 6.07) is 11.9. The fourth-order valence-electron chi connectivity index (χ4n) is 3.06. The van der Waals surface area contributed by atoms with Gasteiger partial charge in [0, 0.05) is 17.5 Å². The van der Waals surface area contributed by atoms with Crippen LogP contribution in [0.3, 0.4) is 0 Å². The highest BCUT2D eigenvalue weighted by Gasteiger charge is 2.16. The van der Waals surface area contributed by atoms with E-state index in [2.05, 4.69) is 20.6 Å². The van der Waals surface area contributed by atoms with E-state index in [1.807, 2.05) is 38.1 Å². The Morgan fingerprint density at radius 2 is 2.00 bits per heavy atom. The number of hydrogen-bond donors (Lipinski definition) is 2. The highest BCUT2D eigenvalue weighted by Crippen LogP contribution is 2.28. The lowest BCUT2D eigenvalue weighted by molar-refractivity contribution is 0.102. The molecule has 0 spiro atoms. The average molecular weight is 390 g/mol. The molecule has 1 aromatic carbocycles. The van der Waals surface area contributed by atoms with Crippen LogP contribution in [0.4, 0.5) is 5.82 Å². The minimum atomic E-state index is -0.475. The zero-order valence-corrected chi connectivity index (χ0v) is 16.1. The van der Waals surface area contributed by atoms with Gasteiger partial charge in [-0.3, -0.25) is 9.59 Å². The van der Waals surface area contributed by atoms with Gasteiger partial charge < -0.3 is 10.1 Å². The Kier molecular flexibility index (Phi) is 4.55. The molecule has 0 aliphatic carbocycles. The van der Waals surface area contributed by atoms with Crippen LogP contribution >= 0.6 is 0 Å². The number of para-hydroxylation sites is 1. The SMILES string of the molecule is COc1cccc2c(C)cc(-n3nc(C)cc3NC(=O)c3ccc(=O)[nH]n3)nc12. The van der Waals surface area contributed by atoms with Crippen molar-refractivity contribution in [2.75, 3.05) is 12.4 Å². The van der Waals surface area contributed by atoms with E-state index >= 15 is 0 Å². The number of aromatic nitrogens is 5. The summed E-state index contributed by atoms with van der Waals surface area (Å²) in [4.78, 5) is 28.4. The third kappa shape index (κ3) is 3.45. The van der Waals surface area contributed by atoms with Gasteiger partial charge in [0.05, 0.1) is 12.8 Å². The van der Waals surface area contributed by atoms with Crippen LogP contribution in [0.15, 0.2) is 47.3 Å². The maximum Gasteiger partial charge on any atom is 0.277 e. The van der Waals surface area contributed by atoms with Gasteiger partial charge in [-0.15, -0.1) is 0 Å². The number of nitrogens with one attached hydrogen (secondary N) is 2. The molecule has 2 N–H and O–H groups in total. The predicted molar refractivity (Wildman–Crippen MR) is 108 cm³/mol. The molecule has 29 heavy (non-hydrogen) atoms. The van der Waals surface area contributed by atoms with Gasteiger partial charge in [-0.25, -0.2) is 10.1 Å². The number of fused-ring (bicyclic) bond motifs is 1. The average Bonchev–Trinajstić information content (AvgIpc) is 3.08. The second-order valence-electron chi connectivity index (χ2n) is 6.50. The number of pyridine rings is 1. The van der Waals surface area contributed by atoms with Gasteiger partial charge in [0.25, 0.3) is 11.5 Å².